The first-order valence-electron chi connectivity index (χ1n) is 9.54. The molecular weight excluding hydrogens is 330 g/mol. The van der Waals surface area contributed by atoms with Crippen LogP contribution in [0.2, 0.25) is 0 Å². The fourth-order valence-corrected chi connectivity index (χ4v) is 3.72. The predicted octanol–water partition coefficient (Wildman–Crippen LogP) is 6.95. The summed E-state index contributed by atoms with van der Waals surface area (Å²) in [5.74, 6) is 0. The number of H-pyrrole nitrogens is 3. The maximum Gasteiger partial charge on any atom is 0.0460 e. The Hall–Kier alpha value is -3.20. The third-order valence-electron chi connectivity index (χ3n) is 5.00. The quantitative estimate of drug-likeness (QED) is 0.307. The number of fused-ring (bicyclic) bond motifs is 2. The zero-order valence-corrected chi connectivity index (χ0v) is 16.3. The molecule has 3 N–H and O–H groups in total. The van der Waals surface area contributed by atoms with Crippen molar-refractivity contribution in [1.29, 1.82) is 0 Å². The molecule has 0 aliphatic heterocycles. The van der Waals surface area contributed by atoms with Crippen LogP contribution >= 0.6 is 0 Å². The molecule has 0 saturated heterocycles. The van der Waals surface area contributed by atoms with E-state index in [9.17, 15) is 0 Å². The number of rotatable bonds is 2. The third kappa shape index (κ3) is 2.85. The van der Waals surface area contributed by atoms with Gasteiger partial charge in [0.05, 0.1) is 0 Å². The lowest BCUT2D eigenvalue weighted by molar-refractivity contribution is 1.41. The zero-order valence-electron chi connectivity index (χ0n) is 16.3. The van der Waals surface area contributed by atoms with Crippen molar-refractivity contribution in [3.8, 4) is 22.3 Å². The molecule has 0 bridgehead atoms. The molecule has 0 spiro atoms. The van der Waals surface area contributed by atoms with Gasteiger partial charge in [0.1, 0.15) is 0 Å². The Morgan fingerprint density at radius 1 is 0.556 bits per heavy atom. The second-order valence-electron chi connectivity index (χ2n) is 6.79. The van der Waals surface area contributed by atoms with E-state index < -0.39 is 0 Å². The largest absolute Gasteiger partial charge is 0.366 e. The van der Waals surface area contributed by atoms with Crippen LogP contribution in [0.5, 0.6) is 0 Å². The minimum Gasteiger partial charge on any atom is -0.366 e. The van der Waals surface area contributed by atoms with Gasteiger partial charge in [0, 0.05) is 68.8 Å². The van der Waals surface area contributed by atoms with Crippen LogP contribution in [-0.4, -0.2) is 15.0 Å². The van der Waals surface area contributed by atoms with Gasteiger partial charge in [-0.3, -0.25) is 0 Å². The normalized spacial score (nSPS) is 11.0. The third-order valence-corrected chi connectivity index (χ3v) is 5.00. The van der Waals surface area contributed by atoms with Gasteiger partial charge in [0.2, 0.25) is 0 Å². The molecule has 0 fully saturated rings. The maximum atomic E-state index is 3.40. The van der Waals surface area contributed by atoms with Crippen molar-refractivity contribution in [2.45, 2.75) is 27.7 Å². The Morgan fingerprint density at radius 2 is 1.00 bits per heavy atom. The van der Waals surface area contributed by atoms with Crippen molar-refractivity contribution in [1.82, 2.24) is 15.0 Å². The first-order valence-corrected chi connectivity index (χ1v) is 9.54. The van der Waals surface area contributed by atoms with Gasteiger partial charge in [0.25, 0.3) is 0 Å². The molecule has 0 aliphatic rings. The van der Waals surface area contributed by atoms with Crippen LogP contribution in [0.4, 0.5) is 0 Å². The summed E-state index contributed by atoms with van der Waals surface area (Å²) in [5, 5.41) is 2.52. The van der Waals surface area contributed by atoms with E-state index in [0.29, 0.717) is 0 Å². The van der Waals surface area contributed by atoms with Gasteiger partial charge in [-0.25, -0.2) is 0 Å². The minimum absolute atomic E-state index is 1.17. The topological polar surface area (TPSA) is 47.4 Å². The van der Waals surface area contributed by atoms with E-state index in [2.05, 4.69) is 90.0 Å². The molecular formula is C24H25N3. The maximum absolute atomic E-state index is 3.40. The Bertz CT molecular complexity index is 1120. The average molecular weight is 355 g/mol. The van der Waals surface area contributed by atoms with Gasteiger partial charge in [-0.15, -0.1) is 0 Å². The second kappa shape index (κ2) is 6.84. The summed E-state index contributed by atoms with van der Waals surface area (Å²) in [4.78, 5) is 10.1. The zero-order chi connectivity index (χ0) is 19.0. The summed E-state index contributed by atoms with van der Waals surface area (Å²) in [7, 11) is 0. The predicted molar refractivity (Wildman–Crippen MR) is 116 cm³/mol. The SMILES string of the molecule is CC.Cc1ccc2[nH]cc(-c3c[nH]cc3-c3c[nH]c4ccc(C)cc34)c2c1. The van der Waals surface area contributed by atoms with Crippen LogP contribution in [-0.2, 0) is 0 Å². The second-order valence-corrected chi connectivity index (χ2v) is 6.79. The van der Waals surface area contributed by atoms with Crippen LogP contribution < -0.4 is 0 Å². The molecule has 0 amide bonds. The van der Waals surface area contributed by atoms with Crippen LogP contribution in [0.25, 0.3) is 44.1 Å². The molecule has 0 radical (unpaired) electrons. The molecule has 0 saturated carbocycles. The van der Waals surface area contributed by atoms with Gasteiger partial charge in [-0.2, -0.15) is 0 Å². The van der Waals surface area contributed by atoms with E-state index in [0.717, 1.165) is 0 Å². The Labute approximate surface area is 159 Å². The summed E-state index contributed by atoms with van der Waals surface area (Å²) >= 11 is 0. The molecule has 27 heavy (non-hydrogen) atoms. The molecule has 3 nitrogen and oxygen atoms in total. The summed E-state index contributed by atoms with van der Waals surface area (Å²) in [6.45, 7) is 8.27. The lowest BCUT2D eigenvalue weighted by Crippen LogP contribution is -1.79. The number of hydrogen-bond acceptors (Lipinski definition) is 0. The monoisotopic (exact) mass is 355 g/mol. The van der Waals surface area contributed by atoms with E-state index in [1.54, 1.807) is 0 Å². The first kappa shape index (κ1) is 17.2. The fraction of sp³-hybridized carbons (Fsp3) is 0.167. The average Bonchev–Trinajstić information content (AvgIpc) is 3.39. The van der Waals surface area contributed by atoms with Crippen LogP contribution in [0.1, 0.15) is 25.0 Å². The van der Waals surface area contributed by atoms with Gasteiger partial charge in [0.15, 0.2) is 0 Å². The summed E-state index contributed by atoms with van der Waals surface area (Å²) in [6, 6.07) is 13.1. The van der Waals surface area contributed by atoms with Crippen molar-refractivity contribution >= 4 is 21.8 Å². The van der Waals surface area contributed by atoms with Crippen LogP contribution in [0, 0.1) is 13.8 Å². The number of nitrogens with one attached hydrogen (secondary N) is 3. The molecule has 2 aromatic carbocycles. The number of aromatic amines is 3. The van der Waals surface area contributed by atoms with E-state index in [1.807, 2.05) is 13.8 Å². The fourth-order valence-electron chi connectivity index (χ4n) is 3.72. The Kier molecular flexibility index (Phi) is 4.36. The van der Waals surface area contributed by atoms with Crippen LogP contribution in [0.3, 0.4) is 0 Å². The smallest absolute Gasteiger partial charge is 0.0460 e. The summed E-state index contributed by atoms with van der Waals surface area (Å²) < 4.78 is 0. The van der Waals surface area contributed by atoms with E-state index >= 15 is 0 Å². The molecule has 5 aromatic rings. The highest BCUT2D eigenvalue weighted by atomic mass is 14.7. The lowest BCUT2D eigenvalue weighted by Gasteiger charge is -2.04. The number of benzene rings is 2. The molecule has 0 unspecified atom stereocenters. The molecule has 3 heteroatoms. The van der Waals surface area contributed by atoms with E-state index in [4.69, 9.17) is 0 Å². The number of aryl methyl sites for hydroxylation is 2. The van der Waals surface area contributed by atoms with Gasteiger partial charge >= 0.3 is 0 Å². The van der Waals surface area contributed by atoms with E-state index in [1.165, 1.54) is 55.2 Å². The number of aromatic nitrogens is 3. The molecule has 136 valence electrons. The molecule has 0 atom stereocenters. The highest BCUT2D eigenvalue weighted by molar-refractivity contribution is 6.04. The highest BCUT2D eigenvalue weighted by Crippen LogP contribution is 2.39. The molecule has 0 aliphatic carbocycles. The van der Waals surface area contributed by atoms with Crippen molar-refractivity contribution in [2.24, 2.45) is 0 Å². The summed E-state index contributed by atoms with van der Waals surface area (Å²) in [6.07, 6.45) is 8.40. The van der Waals surface area contributed by atoms with Crippen molar-refractivity contribution in [3.05, 3.63) is 72.3 Å². The molecule has 5 rings (SSSR count). The number of hydrogen-bond donors (Lipinski definition) is 3. The van der Waals surface area contributed by atoms with Crippen molar-refractivity contribution < 1.29 is 0 Å². The van der Waals surface area contributed by atoms with Gasteiger partial charge < -0.3 is 15.0 Å². The van der Waals surface area contributed by atoms with Gasteiger partial charge in [-0.1, -0.05) is 37.1 Å². The van der Waals surface area contributed by atoms with Crippen LogP contribution in [0.15, 0.2) is 61.2 Å². The Balaban J connectivity index is 0.000000872. The summed E-state index contributed by atoms with van der Waals surface area (Å²) in [5.41, 5.74) is 9.79. The molecule has 3 heterocycles. The first-order chi connectivity index (χ1) is 13.2. The molecule has 3 aromatic heterocycles. The minimum atomic E-state index is 1.17. The Morgan fingerprint density at radius 3 is 1.44 bits per heavy atom. The van der Waals surface area contributed by atoms with Crippen molar-refractivity contribution in [2.75, 3.05) is 0 Å². The van der Waals surface area contributed by atoms with Crippen molar-refractivity contribution in [3.63, 3.8) is 0 Å². The highest BCUT2D eigenvalue weighted by Gasteiger charge is 2.15. The van der Waals surface area contributed by atoms with E-state index in [-0.39, 0.29) is 0 Å². The lowest BCUT2D eigenvalue weighted by atomic mass is 9.97. The standard InChI is InChI=1S/C22H19N3.C2H6/c1-13-3-5-21-15(7-13)19(11-24-21)17-9-23-10-18(17)20-12-25-22-6-4-14(2)8-16(20)22;1-2/h3-12,23-25H,1-2H3;1-2H3. The van der Waals surface area contributed by atoms with Gasteiger partial charge in [-0.05, 0) is 38.1 Å².